The molecular weight excluding hydrogens is 200 g/mol. The first-order valence-electron chi connectivity index (χ1n) is 5.14. The van der Waals surface area contributed by atoms with Crippen LogP contribution in [0.4, 0.5) is 0 Å². The summed E-state index contributed by atoms with van der Waals surface area (Å²) in [7, 11) is 1.93. The SMILES string of the molecule is CC(=NCC=N)c1ccc2c(cnn2C)c1. The van der Waals surface area contributed by atoms with E-state index in [1.165, 1.54) is 6.21 Å². The molecule has 1 aromatic heterocycles. The molecule has 1 heterocycles. The molecule has 0 bridgehead atoms. The van der Waals surface area contributed by atoms with E-state index in [-0.39, 0.29) is 0 Å². The first-order valence-corrected chi connectivity index (χ1v) is 5.14. The van der Waals surface area contributed by atoms with Crippen molar-refractivity contribution in [3.63, 3.8) is 0 Å². The van der Waals surface area contributed by atoms with Crippen LogP contribution in [0.3, 0.4) is 0 Å². The van der Waals surface area contributed by atoms with Gasteiger partial charge >= 0.3 is 0 Å². The first kappa shape index (κ1) is 10.5. The Morgan fingerprint density at radius 1 is 1.56 bits per heavy atom. The van der Waals surface area contributed by atoms with E-state index in [9.17, 15) is 0 Å². The van der Waals surface area contributed by atoms with E-state index in [1.807, 2.05) is 37.0 Å². The summed E-state index contributed by atoms with van der Waals surface area (Å²) in [5.41, 5.74) is 3.15. The van der Waals surface area contributed by atoms with E-state index in [4.69, 9.17) is 5.41 Å². The van der Waals surface area contributed by atoms with Gasteiger partial charge in [-0.05, 0) is 24.6 Å². The van der Waals surface area contributed by atoms with Gasteiger partial charge in [-0.25, -0.2) is 0 Å². The van der Waals surface area contributed by atoms with Crippen molar-refractivity contribution in [2.24, 2.45) is 12.0 Å². The number of hydrogen-bond donors (Lipinski definition) is 1. The summed E-state index contributed by atoms with van der Waals surface area (Å²) < 4.78 is 1.85. The van der Waals surface area contributed by atoms with Crippen LogP contribution in [0.5, 0.6) is 0 Å². The highest BCUT2D eigenvalue weighted by Gasteiger charge is 2.02. The molecule has 4 heteroatoms. The summed E-state index contributed by atoms with van der Waals surface area (Å²) in [6.45, 7) is 2.40. The lowest BCUT2D eigenvalue weighted by molar-refractivity contribution is 0.797. The van der Waals surface area contributed by atoms with Crippen LogP contribution in [-0.4, -0.2) is 28.3 Å². The Bertz CT molecular complexity index is 551. The number of nitrogens with zero attached hydrogens (tertiary/aromatic N) is 3. The van der Waals surface area contributed by atoms with Crippen molar-refractivity contribution >= 4 is 22.8 Å². The molecule has 0 aliphatic rings. The summed E-state index contributed by atoms with van der Waals surface area (Å²) >= 11 is 0. The number of hydrogen-bond acceptors (Lipinski definition) is 3. The molecule has 4 nitrogen and oxygen atoms in total. The quantitative estimate of drug-likeness (QED) is 0.781. The summed E-state index contributed by atoms with van der Waals surface area (Å²) in [4.78, 5) is 4.27. The van der Waals surface area contributed by atoms with Crippen molar-refractivity contribution < 1.29 is 0 Å². The van der Waals surface area contributed by atoms with Crippen LogP contribution in [0, 0.1) is 5.41 Å². The molecule has 0 aliphatic carbocycles. The third kappa shape index (κ3) is 1.86. The Morgan fingerprint density at radius 3 is 3.12 bits per heavy atom. The zero-order valence-electron chi connectivity index (χ0n) is 9.44. The van der Waals surface area contributed by atoms with Gasteiger partial charge in [0.15, 0.2) is 0 Å². The fourth-order valence-electron chi connectivity index (χ4n) is 1.66. The number of fused-ring (bicyclic) bond motifs is 1. The number of aryl methyl sites for hydroxylation is 1. The third-order valence-electron chi connectivity index (χ3n) is 2.58. The standard InChI is InChI=1S/C12H14N4/c1-9(14-6-5-13)10-3-4-12-11(7-10)8-15-16(12)2/h3-5,7-8,13H,6H2,1-2H3. The molecule has 2 aromatic rings. The molecule has 82 valence electrons. The predicted molar refractivity (Wildman–Crippen MR) is 66.6 cm³/mol. The Morgan fingerprint density at radius 2 is 2.38 bits per heavy atom. The maximum Gasteiger partial charge on any atom is 0.0738 e. The molecule has 0 unspecified atom stereocenters. The molecule has 0 radical (unpaired) electrons. The molecular formula is C12H14N4. The van der Waals surface area contributed by atoms with Crippen LogP contribution in [0.15, 0.2) is 29.4 Å². The average molecular weight is 214 g/mol. The fraction of sp³-hybridized carbons (Fsp3) is 0.250. The minimum atomic E-state index is 0.441. The maximum absolute atomic E-state index is 6.95. The van der Waals surface area contributed by atoms with E-state index in [0.717, 1.165) is 22.2 Å². The number of rotatable bonds is 3. The van der Waals surface area contributed by atoms with Gasteiger partial charge < -0.3 is 5.41 Å². The molecule has 16 heavy (non-hydrogen) atoms. The van der Waals surface area contributed by atoms with Gasteiger partial charge in [0.1, 0.15) is 0 Å². The third-order valence-corrected chi connectivity index (χ3v) is 2.58. The zero-order valence-corrected chi connectivity index (χ0v) is 9.44. The van der Waals surface area contributed by atoms with Gasteiger partial charge in [-0.2, -0.15) is 5.10 Å². The summed E-state index contributed by atoms with van der Waals surface area (Å²) in [5, 5.41) is 12.3. The van der Waals surface area contributed by atoms with Crippen molar-refractivity contribution in [2.45, 2.75) is 6.92 Å². The molecule has 2 rings (SSSR count). The summed E-state index contributed by atoms with van der Waals surface area (Å²) in [5.74, 6) is 0. The molecule has 0 saturated heterocycles. The lowest BCUT2D eigenvalue weighted by atomic mass is 10.1. The van der Waals surface area contributed by atoms with Crippen molar-refractivity contribution in [3.05, 3.63) is 30.0 Å². The lowest BCUT2D eigenvalue weighted by Gasteiger charge is -2.01. The summed E-state index contributed by atoms with van der Waals surface area (Å²) in [6.07, 6.45) is 3.15. The van der Waals surface area contributed by atoms with E-state index in [1.54, 1.807) is 0 Å². The van der Waals surface area contributed by atoms with E-state index >= 15 is 0 Å². The molecule has 1 aromatic carbocycles. The van der Waals surface area contributed by atoms with Crippen molar-refractivity contribution in [1.82, 2.24) is 9.78 Å². The van der Waals surface area contributed by atoms with Crippen molar-refractivity contribution in [3.8, 4) is 0 Å². The molecule has 0 spiro atoms. The Kier molecular flexibility index (Phi) is 2.81. The number of aromatic nitrogens is 2. The van der Waals surface area contributed by atoms with Gasteiger partial charge in [-0.1, -0.05) is 6.07 Å². The van der Waals surface area contributed by atoms with Crippen LogP contribution in [0.1, 0.15) is 12.5 Å². The van der Waals surface area contributed by atoms with Crippen molar-refractivity contribution in [1.29, 1.82) is 5.41 Å². The highest BCUT2D eigenvalue weighted by molar-refractivity contribution is 6.01. The Labute approximate surface area is 94.1 Å². The van der Waals surface area contributed by atoms with Gasteiger partial charge in [0, 0.05) is 24.4 Å². The van der Waals surface area contributed by atoms with Gasteiger partial charge in [-0.15, -0.1) is 0 Å². The van der Waals surface area contributed by atoms with Gasteiger partial charge in [-0.3, -0.25) is 9.67 Å². The van der Waals surface area contributed by atoms with E-state index < -0.39 is 0 Å². The first-order chi connectivity index (χ1) is 7.72. The molecule has 0 fully saturated rings. The average Bonchev–Trinajstić information content (AvgIpc) is 2.67. The second-order valence-electron chi connectivity index (χ2n) is 3.67. The van der Waals surface area contributed by atoms with Gasteiger partial charge in [0.2, 0.25) is 0 Å². The maximum atomic E-state index is 6.95. The number of aliphatic imine (C=N–C) groups is 1. The minimum absolute atomic E-state index is 0.441. The largest absolute Gasteiger partial charge is 0.311 e. The normalized spacial score (nSPS) is 12.0. The number of benzene rings is 1. The van der Waals surface area contributed by atoms with Crippen LogP contribution in [0.2, 0.25) is 0 Å². The lowest BCUT2D eigenvalue weighted by Crippen LogP contribution is -1.97. The highest BCUT2D eigenvalue weighted by Crippen LogP contribution is 2.15. The van der Waals surface area contributed by atoms with E-state index in [0.29, 0.717) is 6.54 Å². The zero-order chi connectivity index (χ0) is 11.5. The Balaban J connectivity index is 2.43. The molecule has 0 atom stereocenters. The van der Waals surface area contributed by atoms with Crippen LogP contribution >= 0.6 is 0 Å². The molecule has 0 saturated carbocycles. The highest BCUT2D eigenvalue weighted by atomic mass is 15.2. The van der Waals surface area contributed by atoms with Crippen LogP contribution in [0.25, 0.3) is 10.9 Å². The smallest absolute Gasteiger partial charge is 0.0738 e. The van der Waals surface area contributed by atoms with E-state index in [2.05, 4.69) is 16.2 Å². The minimum Gasteiger partial charge on any atom is -0.311 e. The van der Waals surface area contributed by atoms with Crippen LogP contribution in [-0.2, 0) is 7.05 Å². The second-order valence-corrected chi connectivity index (χ2v) is 3.67. The second kappa shape index (κ2) is 4.26. The number of nitrogens with one attached hydrogen (secondary N) is 1. The molecule has 0 aliphatic heterocycles. The molecule has 1 N–H and O–H groups in total. The van der Waals surface area contributed by atoms with Crippen molar-refractivity contribution in [2.75, 3.05) is 6.54 Å². The van der Waals surface area contributed by atoms with Crippen LogP contribution < -0.4 is 0 Å². The molecule has 0 amide bonds. The fourth-order valence-corrected chi connectivity index (χ4v) is 1.66. The summed E-state index contributed by atoms with van der Waals surface area (Å²) in [6, 6.07) is 6.15. The predicted octanol–water partition coefficient (Wildman–Crippen LogP) is 2.03. The van der Waals surface area contributed by atoms with Gasteiger partial charge in [0.05, 0.1) is 18.3 Å². The van der Waals surface area contributed by atoms with Gasteiger partial charge in [0.25, 0.3) is 0 Å². The monoisotopic (exact) mass is 214 g/mol. The topological polar surface area (TPSA) is 54.0 Å². The Hall–Kier alpha value is -1.97.